The molecular weight excluding hydrogens is 334 g/mol. The van der Waals surface area contributed by atoms with Crippen LogP contribution in [-0.4, -0.2) is 36.4 Å². The number of rotatable bonds is 4. The molecule has 0 aliphatic heterocycles. The van der Waals surface area contributed by atoms with E-state index in [0.29, 0.717) is 12.1 Å². The van der Waals surface area contributed by atoms with Gasteiger partial charge in [0.2, 0.25) is 0 Å². The van der Waals surface area contributed by atoms with Crippen LogP contribution in [0.5, 0.6) is 0 Å². The Morgan fingerprint density at radius 1 is 1.12 bits per heavy atom. The molecule has 2 aromatic heterocycles. The molecule has 0 atom stereocenters. The van der Waals surface area contributed by atoms with Crippen molar-refractivity contribution in [2.24, 2.45) is 0 Å². The van der Waals surface area contributed by atoms with Gasteiger partial charge in [0.25, 0.3) is 5.91 Å². The van der Waals surface area contributed by atoms with Crippen molar-refractivity contribution in [1.82, 2.24) is 23.4 Å². The number of benzene rings is 2. The Morgan fingerprint density at radius 3 is 2.68 bits per heavy atom. The normalized spacial score (nSPS) is 10.9. The van der Waals surface area contributed by atoms with Crippen molar-refractivity contribution in [2.45, 2.75) is 6.54 Å². The first-order chi connectivity index (χ1) is 12.2. The van der Waals surface area contributed by atoms with E-state index in [1.54, 1.807) is 22.8 Å². The standard InChI is InChI=1S/C18H15N5OS/c1-22(12-13-3-8-16-17(11-13)21-25-20-16)18(24)14-4-6-15(7-5-14)23-10-2-9-19-23/h2-11H,12H2,1H3. The molecular formula is C18H15N5OS. The lowest BCUT2D eigenvalue weighted by atomic mass is 10.1. The summed E-state index contributed by atoms with van der Waals surface area (Å²) in [4.78, 5) is 14.3. The maximum Gasteiger partial charge on any atom is 0.253 e. The number of carbonyl (C=O) groups is 1. The van der Waals surface area contributed by atoms with Crippen LogP contribution in [0.3, 0.4) is 0 Å². The average molecular weight is 349 g/mol. The van der Waals surface area contributed by atoms with Crippen LogP contribution in [0.4, 0.5) is 0 Å². The topological polar surface area (TPSA) is 63.9 Å². The number of hydrogen-bond acceptors (Lipinski definition) is 5. The molecule has 2 heterocycles. The molecule has 0 aliphatic rings. The van der Waals surface area contributed by atoms with Crippen molar-refractivity contribution < 1.29 is 4.79 Å². The third kappa shape index (κ3) is 3.14. The van der Waals surface area contributed by atoms with E-state index in [-0.39, 0.29) is 5.91 Å². The third-order valence-corrected chi connectivity index (χ3v) is 4.52. The van der Waals surface area contributed by atoms with E-state index in [9.17, 15) is 4.79 Å². The molecule has 0 unspecified atom stereocenters. The maximum absolute atomic E-state index is 12.6. The van der Waals surface area contributed by atoms with E-state index in [4.69, 9.17) is 0 Å². The lowest BCUT2D eigenvalue weighted by Crippen LogP contribution is -2.26. The predicted octanol–water partition coefficient (Wildman–Crippen LogP) is 3.15. The third-order valence-electron chi connectivity index (χ3n) is 3.97. The second kappa shape index (κ2) is 6.45. The number of amides is 1. The van der Waals surface area contributed by atoms with E-state index in [1.807, 2.05) is 54.7 Å². The highest BCUT2D eigenvalue weighted by molar-refractivity contribution is 7.00. The molecule has 2 aromatic carbocycles. The van der Waals surface area contributed by atoms with E-state index in [1.165, 1.54) is 11.7 Å². The summed E-state index contributed by atoms with van der Waals surface area (Å²) in [6.07, 6.45) is 3.59. The second-order valence-corrected chi connectivity index (χ2v) is 6.27. The van der Waals surface area contributed by atoms with Gasteiger partial charge in [0.1, 0.15) is 11.0 Å². The first kappa shape index (κ1) is 15.5. The lowest BCUT2D eigenvalue weighted by molar-refractivity contribution is 0.0785. The van der Waals surface area contributed by atoms with Gasteiger partial charge in [0.05, 0.1) is 17.4 Å². The number of nitrogens with zero attached hydrogens (tertiary/aromatic N) is 5. The molecule has 25 heavy (non-hydrogen) atoms. The van der Waals surface area contributed by atoms with Gasteiger partial charge >= 0.3 is 0 Å². The van der Waals surface area contributed by atoms with Gasteiger partial charge in [-0.05, 0) is 48.0 Å². The molecule has 0 spiro atoms. The van der Waals surface area contributed by atoms with Crippen molar-refractivity contribution >= 4 is 28.7 Å². The average Bonchev–Trinajstić information content (AvgIpc) is 3.32. The first-order valence-electron chi connectivity index (χ1n) is 7.77. The Bertz CT molecular complexity index is 1010. The number of aromatic nitrogens is 4. The predicted molar refractivity (Wildman–Crippen MR) is 96.8 cm³/mol. The molecule has 0 N–H and O–H groups in total. The van der Waals surface area contributed by atoms with Crippen molar-refractivity contribution in [3.05, 3.63) is 72.1 Å². The minimum absolute atomic E-state index is 0.0245. The monoisotopic (exact) mass is 349 g/mol. The van der Waals surface area contributed by atoms with Crippen LogP contribution < -0.4 is 0 Å². The Hall–Kier alpha value is -3.06. The Morgan fingerprint density at radius 2 is 1.92 bits per heavy atom. The molecule has 0 bridgehead atoms. The van der Waals surface area contributed by atoms with Gasteiger partial charge in [-0.1, -0.05) is 6.07 Å². The number of carbonyl (C=O) groups excluding carboxylic acids is 1. The minimum atomic E-state index is -0.0245. The van der Waals surface area contributed by atoms with Gasteiger partial charge in [-0.2, -0.15) is 13.8 Å². The highest BCUT2D eigenvalue weighted by Gasteiger charge is 2.13. The van der Waals surface area contributed by atoms with Gasteiger partial charge < -0.3 is 4.90 Å². The molecule has 4 aromatic rings. The molecule has 0 saturated heterocycles. The van der Waals surface area contributed by atoms with E-state index in [0.717, 1.165) is 22.3 Å². The van der Waals surface area contributed by atoms with Crippen LogP contribution in [0.1, 0.15) is 15.9 Å². The molecule has 1 amide bonds. The van der Waals surface area contributed by atoms with Crippen molar-refractivity contribution in [3.8, 4) is 5.69 Å². The quantitative estimate of drug-likeness (QED) is 0.568. The maximum atomic E-state index is 12.6. The van der Waals surface area contributed by atoms with Gasteiger partial charge in [0, 0.05) is 31.5 Å². The molecule has 0 radical (unpaired) electrons. The summed E-state index contributed by atoms with van der Waals surface area (Å²) in [5.41, 5.74) is 4.36. The summed E-state index contributed by atoms with van der Waals surface area (Å²) in [7, 11) is 1.80. The van der Waals surface area contributed by atoms with Gasteiger partial charge in [-0.25, -0.2) is 4.68 Å². The van der Waals surface area contributed by atoms with E-state index in [2.05, 4.69) is 13.8 Å². The molecule has 7 heteroatoms. The number of fused-ring (bicyclic) bond motifs is 1. The van der Waals surface area contributed by atoms with E-state index < -0.39 is 0 Å². The van der Waals surface area contributed by atoms with Crippen molar-refractivity contribution in [1.29, 1.82) is 0 Å². The Labute approximate surface area is 148 Å². The zero-order valence-electron chi connectivity index (χ0n) is 13.5. The van der Waals surface area contributed by atoms with E-state index >= 15 is 0 Å². The zero-order chi connectivity index (χ0) is 17.2. The lowest BCUT2D eigenvalue weighted by Gasteiger charge is -2.17. The van der Waals surface area contributed by atoms with Crippen LogP contribution >= 0.6 is 11.7 Å². The summed E-state index contributed by atoms with van der Waals surface area (Å²) in [6.45, 7) is 0.521. The fourth-order valence-electron chi connectivity index (χ4n) is 2.67. The summed E-state index contributed by atoms with van der Waals surface area (Å²) < 4.78 is 10.2. The summed E-state index contributed by atoms with van der Waals surface area (Å²) in [5.74, 6) is -0.0245. The summed E-state index contributed by atoms with van der Waals surface area (Å²) in [5, 5.41) is 4.18. The fraction of sp³-hybridized carbons (Fsp3) is 0.111. The van der Waals surface area contributed by atoms with Crippen LogP contribution in [0, 0.1) is 0 Å². The molecule has 4 rings (SSSR count). The molecule has 0 saturated carbocycles. The highest BCUT2D eigenvalue weighted by atomic mass is 32.1. The Balaban J connectivity index is 1.49. The molecule has 0 fully saturated rings. The number of hydrogen-bond donors (Lipinski definition) is 0. The first-order valence-corrected chi connectivity index (χ1v) is 8.50. The molecule has 0 aliphatic carbocycles. The molecule has 6 nitrogen and oxygen atoms in total. The fourth-order valence-corrected chi connectivity index (χ4v) is 3.19. The van der Waals surface area contributed by atoms with Gasteiger partial charge in [-0.15, -0.1) is 0 Å². The summed E-state index contributed by atoms with van der Waals surface area (Å²) >= 11 is 1.20. The second-order valence-electron chi connectivity index (χ2n) is 5.75. The van der Waals surface area contributed by atoms with Gasteiger partial charge in [0.15, 0.2) is 0 Å². The van der Waals surface area contributed by atoms with Crippen molar-refractivity contribution in [3.63, 3.8) is 0 Å². The SMILES string of the molecule is CN(Cc1ccc2nsnc2c1)C(=O)c1ccc(-n2cccn2)cc1. The van der Waals surface area contributed by atoms with Gasteiger partial charge in [-0.3, -0.25) is 4.79 Å². The highest BCUT2D eigenvalue weighted by Crippen LogP contribution is 2.16. The van der Waals surface area contributed by atoms with Crippen LogP contribution in [0.15, 0.2) is 60.9 Å². The smallest absolute Gasteiger partial charge is 0.253 e. The zero-order valence-corrected chi connectivity index (χ0v) is 14.3. The van der Waals surface area contributed by atoms with Crippen LogP contribution in [-0.2, 0) is 6.54 Å². The van der Waals surface area contributed by atoms with Crippen LogP contribution in [0.25, 0.3) is 16.7 Å². The summed E-state index contributed by atoms with van der Waals surface area (Å²) in [6, 6.07) is 15.2. The van der Waals surface area contributed by atoms with Crippen molar-refractivity contribution in [2.75, 3.05) is 7.05 Å². The molecule has 124 valence electrons. The largest absolute Gasteiger partial charge is 0.337 e. The minimum Gasteiger partial charge on any atom is -0.337 e. The van der Waals surface area contributed by atoms with Crippen LogP contribution in [0.2, 0.25) is 0 Å². The Kier molecular flexibility index (Phi) is 3.99.